The molecule has 0 aliphatic rings. The van der Waals surface area contributed by atoms with Gasteiger partial charge in [-0.1, -0.05) is 35.9 Å². The highest BCUT2D eigenvalue weighted by molar-refractivity contribution is 5.62. The summed E-state index contributed by atoms with van der Waals surface area (Å²) in [6.45, 7) is 6.18. The van der Waals surface area contributed by atoms with Crippen LogP contribution in [0.3, 0.4) is 0 Å². The van der Waals surface area contributed by atoms with Gasteiger partial charge in [0.2, 0.25) is 5.95 Å². The Morgan fingerprint density at radius 2 is 1.61 bits per heavy atom. The molecule has 0 unspecified atom stereocenters. The van der Waals surface area contributed by atoms with Crippen LogP contribution in [-0.4, -0.2) is 15.2 Å². The molecular formula is C18H19N5. The number of aryl methyl sites for hydroxylation is 3. The molecule has 0 spiro atoms. The Kier molecular flexibility index (Phi) is 4.19. The van der Waals surface area contributed by atoms with E-state index in [1.165, 1.54) is 5.56 Å². The van der Waals surface area contributed by atoms with Gasteiger partial charge in [0.15, 0.2) is 5.82 Å². The molecule has 3 rings (SSSR count). The van der Waals surface area contributed by atoms with Crippen LogP contribution in [0.1, 0.15) is 16.7 Å². The Bertz CT molecular complexity index is 829. The van der Waals surface area contributed by atoms with Gasteiger partial charge in [0.25, 0.3) is 0 Å². The zero-order chi connectivity index (χ0) is 16.2. The monoisotopic (exact) mass is 305 g/mol. The number of hydrogen-bond acceptors (Lipinski definition) is 5. The number of anilines is 4. The number of rotatable bonds is 4. The average Bonchev–Trinajstić information content (AvgIpc) is 2.53. The van der Waals surface area contributed by atoms with Crippen LogP contribution >= 0.6 is 0 Å². The van der Waals surface area contributed by atoms with E-state index in [0.29, 0.717) is 11.8 Å². The molecule has 2 N–H and O–H groups in total. The molecule has 0 saturated heterocycles. The number of para-hydroxylation sites is 1. The van der Waals surface area contributed by atoms with E-state index in [1.54, 1.807) is 6.20 Å². The first-order chi connectivity index (χ1) is 11.1. The summed E-state index contributed by atoms with van der Waals surface area (Å²) in [6, 6.07) is 14.2. The molecule has 0 aliphatic carbocycles. The second kappa shape index (κ2) is 6.44. The van der Waals surface area contributed by atoms with E-state index in [4.69, 9.17) is 0 Å². The van der Waals surface area contributed by atoms with Gasteiger partial charge in [0.05, 0.1) is 6.20 Å². The largest absolute Gasteiger partial charge is 0.339 e. The van der Waals surface area contributed by atoms with Gasteiger partial charge in [0.1, 0.15) is 0 Å². The van der Waals surface area contributed by atoms with Crippen molar-refractivity contribution in [1.82, 2.24) is 15.2 Å². The number of nitrogens with zero attached hydrogens (tertiary/aromatic N) is 3. The molecular weight excluding hydrogens is 286 g/mol. The summed E-state index contributed by atoms with van der Waals surface area (Å²) in [5.74, 6) is 1.12. The van der Waals surface area contributed by atoms with Gasteiger partial charge >= 0.3 is 0 Å². The molecule has 0 saturated carbocycles. The lowest BCUT2D eigenvalue weighted by atomic mass is 10.1. The molecule has 0 bridgehead atoms. The first-order valence-electron chi connectivity index (χ1n) is 7.48. The van der Waals surface area contributed by atoms with E-state index < -0.39 is 0 Å². The maximum absolute atomic E-state index is 4.47. The second-order valence-corrected chi connectivity index (χ2v) is 5.55. The van der Waals surface area contributed by atoms with Crippen LogP contribution in [0.4, 0.5) is 23.1 Å². The van der Waals surface area contributed by atoms with Gasteiger partial charge in [-0.05, 0) is 44.0 Å². The van der Waals surface area contributed by atoms with Crippen molar-refractivity contribution in [3.05, 3.63) is 65.4 Å². The van der Waals surface area contributed by atoms with Crippen LogP contribution in [0.15, 0.2) is 48.7 Å². The lowest BCUT2D eigenvalue weighted by Crippen LogP contribution is -2.03. The topological polar surface area (TPSA) is 62.7 Å². The van der Waals surface area contributed by atoms with Crippen LogP contribution < -0.4 is 10.6 Å². The van der Waals surface area contributed by atoms with Crippen molar-refractivity contribution >= 4 is 23.1 Å². The van der Waals surface area contributed by atoms with Gasteiger partial charge < -0.3 is 10.6 Å². The first kappa shape index (κ1) is 15.0. The van der Waals surface area contributed by atoms with Gasteiger partial charge in [-0.2, -0.15) is 10.1 Å². The minimum atomic E-state index is 0.467. The zero-order valence-corrected chi connectivity index (χ0v) is 13.5. The second-order valence-electron chi connectivity index (χ2n) is 5.55. The Morgan fingerprint density at radius 1 is 0.826 bits per heavy atom. The Balaban J connectivity index is 1.81. The molecule has 0 aliphatic heterocycles. The van der Waals surface area contributed by atoms with E-state index in [-0.39, 0.29) is 0 Å². The summed E-state index contributed by atoms with van der Waals surface area (Å²) in [4.78, 5) is 4.47. The molecule has 0 amide bonds. The fourth-order valence-electron chi connectivity index (χ4n) is 2.34. The van der Waals surface area contributed by atoms with Crippen LogP contribution in [-0.2, 0) is 0 Å². The number of nitrogens with one attached hydrogen (secondary N) is 2. The summed E-state index contributed by atoms with van der Waals surface area (Å²) in [5, 5.41) is 14.5. The fourth-order valence-corrected chi connectivity index (χ4v) is 2.34. The molecule has 0 fully saturated rings. The highest BCUT2D eigenvalue weighted by atomic mass is 15.3. The predicted molar refractivity (Wildman–Crippen MR) is 93.5 cm³/mol. The van der Waals surface area contributed by atoms with Crippen LogP contribution in [0.25, 0.3) is 0 Å². The third-order valence-electron chi connectivity index (χ3n) is 3.60. The van der Waals surface area contributed by atoms with Crippen molar-refractivity contribution in [1.29, 1.82) is 0 Å². The molecule has 5 nitrogen and oxygen atoms in total. The quantitative estimate of drug-likeness (QED) is 0.753. The van der Waals surface area contributed by atoms with E-state index in [0.717, 1.165) is 22.5 Å². The predicted octanol–water partition coefficient (Wildman–Crippen LogP) is 4.28. The molecule has 2 aromatic carbocycles. The zero-order valence-electron chi connectivity index (χ0n) is 13.5. The highest BCUT2D eigenvalue weighted by Gasteiger charge is 2.05. The number of aromatic nitrogens is 3. The smallest absolute Gasteiger partial charge is 0.249 e. The molecule has 5 heteroatoms. The van der Waals surface area contributed by atoms with Crippen LogP contribution in [0.5, 0.6) is 0 Å². The summed E-state index contributed by atoms with van der Waals surface area (Å²) in [7, 11) is 0. The number of hydrogen-bond donors (Lipinski definition) is 2. The van der Waals surface area contributed by atoms with E-state index in [2.05, 4.69) is 51.8 Å². The Hall–Kier alpha value is -2.95. The summed E-state index contributed by atoms with van der Waals surface area (Å²) in [6.07, 6.45) is 1.61. The standard InChI is InChI=1S/C18H19N5/c1-12-8-9-16(14(3)10-12)20-17-11-19-23-18(22-17)21-15-7-5-4-6-13(15)2/h4-11H,1-3H3,(H2,20,21,22,23). The molecule has 23 heavy (non-hydrogen) atoms. The van der Waals surface area contributed by atoms with Gasteiger partial charge in [-0.3, -0.25) is 0 Å². The maximum Gasteiger partial charge on any atom is 0.249 e. The van der Waals surface area contributed by atoms with Crippen molar-refractivity contribution in [3.63, 3.8) is 0 Å². The molecule has 3 aromatic rings. The SMILES string of the molecule is Cc1ccc(Nc2cnnc(Nc3ccccc3C)n2)c(C)c1. The summed E-state index contributed by atoms with van der Waals surface area (Å²) >= 11 is 0. The minimum absolute atomic E-state index is 0.467. The third kappa shape index (κ3) is 3.63. The lowest BCUT2D eigenvalue weighted by molar-refractivity contribution is 0.981. The van der Waals surface area contributed by atoms with E-state index >= 15 is 0 Å². The number of benzene rings is 2. The van der Waals surface area contributed by atoms with Gasteiger partial charge in [-0.25, -0.2) is 0 Å². The van der Waals surface area contributed by atoms with E-state index in [1.807, 2.05) is 37.3 Å². The van der Waals surface area contributed by atoms with Crippen molar-refractivity contribution in [2.24, 2.45) is 0 Å². The molecule has 0 radical (unpaired) electrons. The first-order valence-corrected chi connectivity index (χ1v) is 7.48. The normalized spacial score (nSPS) is 10.4. The molecule has 116 valence electrons. The van der Waals surface area contributed by atoms with Crippen molar-refractivity contribution in [2.45, 2.75) is 20.8 Å². The molecule has 0 atom stereocenters. The minimum Gasteiger partial charge on any atom is -0.339 e. The van der Waals surface area contributed by atoms with Crippen molar-refractivity contribution in [3.8, 4) is 0 Å². The highest BCUT2D eigenvalue weighted by Crippen LogP contribution is 2.21. The molecule has 1 aromatic heterocycles. The lowest BCUT2D eigenvalue weighted by Gasteiger charge is -2.11. The van der Waals surface area contributed by atoms with Gasteiger partial charge in [-0.15, -0.1) is 5.10 Å². The van der Waals surface area contributed by atoms with E-state index in [9.17, 15) is 0 Å². The van der Waals surface area contributed by atoms with Crippen molar-refractivity contribution in [2.75, 3.05) is 10.6 Å². The maximum atomic E-state index is 4.47. The third-order valence-corrected chi connectivity index (χ3v) is 3.60. The Morgan fingerprint density at radius 3 is 2.39 bits per heavy atom. The fraction of sp³-hybridized carbons (Fsp3) is 0.167. The summed E-state index contributed by atoms with van der Waals surface area (Å²) in [5.41, 5.74) is 5.51. The van der Waals surface area contributed by atoms with Crippen molar-refractivity contribution < 1.29 is 0 Å². The van der Waals surface area contributed by atoms with Crippen LogP contribution in [0.2, 0.25) is 0 Å². The van der Waals surface area contributed by atoms with Gasteiger partial charge in [0, 0.05) is 11.4 Å². The summed E-state index contributed by atoms with van der Waals surface area (Å²) < 4.78 is 0. The average molecular weight is 305 g/mol. The van der Waals surface area contributed by atoms with Crippen LogP contribution in [0, 0.1) is 20.8 Å². The Labute approximate surface area is 135 Å². The molecule has 1 heterocycles.